The van der Waals surface area contributed by atoms with Crippen LogP contribution in [0.1, 0.15) is 37.8 Å². The predicted molar refractivity (Wildman–Crippen MR) is 75.0 cm³/mol. The number of nitriles is 1. The number of nitrogens with zero attached hydrogens (tertiary/aromatic N) is 2. The van der Waals surface area contributed by atoms with Gasteiger partial charge in [0, 0.05) is 18.3 Å². The molecule has 1 aromatic rings. The quantitative estimate of drug-likeness (QED) is 0.873. The highest BCUT2D eigenvalue weighted by Gasteiger charge is 2.34. The van der Waals surface area contributed by atoms with Crippen LogP contribution in [0.15, 0.2) is 18.2 Å². The number of hydrogen-bond donors (Lipinski definition) is 1. The molecule has 0 amide bonds. The molecule has 0 saturated heterocycles. The first-order chi connectivity index (χ1) is 9.88. The Hall–Kier alpha value is -1.74. The average molecular weight is 300 g/mol. The van der Waals surface area contributed by atoms with Crippen LogP contribution in [0.3, 0.4) is 0 Å². The van der Waals surface area contributed by atoms with E-state index in [4.69, 9.17) is 10.4 Å². The van der Waals surface area contributed by atoms with Gasteiger partial charge in [-0.05, 0) is 31.0 Å². The van der Waals surface area contributed by atoms with Gasteiger partial charge in [0.05, 0.1) is 23.8 Å². The van der Waals surface area contributed by atoms with E-state index in [1.165, 1.54) is 12.1 Å². The Kier molecular flexibility index (Phi) is 6.03. The Morgan fingerprint density at radius 2 is 1.90 bits per heavy atom. The van der Waals surface area contributed by atoms with Crippen LogP contribution in [0.2, 0.25) is 0 Å². The van der Waals surface area contributed by atoms with Gasteiger partial charge in [-0.25, -0.2) is 0 Å². The van der Waals surface area contributed by atoms with Gasteiger partial charge in [-0.2, -0.15) is 18.4 Å². The van der Waals surface area contributed by atoms with Gasteiger partial charge in [0.15, 0.2) is 0 Å². The molecule has 0 aromatic heterocycles. The van der Waals surface area contributed by atoms with Crippen LogP contribution >= 0.6 is 0 Å². The highest BCUT2D eigenvalue weighted by Crippen LogP contribution is 2.35. The Bertz CT molecular complexity index is 505. The zero-order chi connectivity index (χ0) is 16.0. The first-order valence-corrected chi connectivity index (χ1v) is 6.87. The molecule has 1 aromatic carbocycles. The van der Waals surface area contributed by atoms with Crippen molar-refractivity contribution in [3.05, 3.63) is 29.3 Å². The molecule has 0 atom stereocenters. The molecular weight excluding hydrogens is 281 g/mol. The molecule has 1 rings (SSSR count). The minimum atomic E-state index is -4.57. The lowest BCUT2D eigenvalue weighted by molar-refractivity contribution is -0.137. The van der Waals surface area contributed by atoms with E-state index in [-0.39, 0.29) is 24.8 Å². The molecule has 0 heterocycles. The molecule has 0 spiro atoms. The molecule has 116 valence electrons. The van der Waals surface area contributed by atoms with Crippen molar-refractivity contribution >= 4 is 5.69 Å². The fourth-order valence-corrected chi connectivity index (χ4v) is 2.40. The van der Waals surface area contributed by atoms with Crippen molar-refractivity contribution in [2.45, 2.75) is 38.9 Å². The van der Waals surface area contributed by atoms with Crippen molar-refractivity contribution in [1.82, 2.24) is 0 Å². The molecular formula is C15H19F3N2O. The van der Waals surface area contributed by atoms with Gasteiger partial charge in [-0.1, -0.05) is 13.8 Å². The largest absolute Gasteiger partial charge is 0.417 e. The lowest BCUT2D eigenvalue weighted by Gasteiger charge is -2.32. The SMILES string of the molecule is CCC(CC)N(CCO)c1ccc(C#N)c(C(F)(F)F)c1. The van der Waals surface area contributed by atoms with Crippen LogP contribution in [0.25, 0.3) is 0 Å². The number of rotatable bonds is 6. The summed E-state index contributed by atoms with van der Waals surface area (Å²) in [5.74, 6) is 0. The zero-order valence-corrected chi connectivity index (χ0v) is 12.1. The van der Waals surface area contributed by atoms with Gasteiger partial charge in [-0.15, -0.1) is 0 Å². The molecule has 0 bridgehead atoms. The van der Waals surface area contributed by atoms with Crippen molar-refractivity contribution in [2.24, 2.45) is 0 Å². The van der Waals surface area contributed by atoms with Crippen LogP contribution in [-0.2, 0) is 6.18 Å². The maximum absolute atomic E-state index is 13.0. The van der Waals surface area contributed by atoms with Crippen LogP contribution in [-0.4, -0.2) is 24.3 Å². The molecule has 3 nitrogen and oxygen atoms in total. The second kappa shape index (κ2) is 7.32. The van der Waals surface area contributed by atoms with E-state index >= 15 is 0 Å². The molecule has 21 heavy (non-hydrogen) atoms. The van der Waals surface area contributed by atoms with E-state index < -0.39 is 11.7 Å². The third-order valence-corrected chi connectivity index (χ3v) is 3.48. The predicted octanol–water partition coefficient (Wildman–Crippen LogP) is 3.56. The van der Waals surface area contributed by atoms with Crippen molar-refractivity contribution in [1.29, 1.82) is 5.26 Å². The monoisotopic (exact) mass is 300 g/mol. The van der Waals surface area contributed by atoms with E-state index in [9.17, 15) is 13.2 Å². The third-order valence-electron chi connectivity index (χ3n) is 3.48. The molecule has 0 fully saturated rings. The van der Waals surface area contributed by atoms with Gasteiger partial charge in [-0.3, -0.25) is 0 Å². The molecule has 6 heteroatoms. The number of aliphatic hydroxyl groups is 1. The van der Waals surface area contributed by atoms with Crippen LogP contribution in [0.4, 0.5) is 18.9 Å². The van der Waals surface area contributed by atoms with E-state index in [0.29, 0.717) is 5.69 Å². The smallest absolute Gasteiger partial charge is 0.395 e. The molecule has 0 aliphatic heterocycles. The number of benzene rings is 1. The number of aliphatic hydroxyl groups excluding tert-OH is 1. The van der Waals surface area contributed by atoms with Crippen molar-refractivity contribution in [2.75, 3.05) is 18.1 Å². The Labute approximate surface area is 122 Å². The molecule has 1 N–H and O–H groups in total. The third kappa shape index (κ3) is 4.11. The summed E-state index contributed by atoms with van der Waals surface area (Å²) in [5, 5.41) is 18.0. The molecule has 0 unspecified atom stereocenters. The lowest BCUT2D eigenvalue weighted by Crippen LogP contribution is -2.37. The molecule has 0 aliphatic rings. The Morgan fingerprint density at radius 1 is 1.29 bits per heavy atom. The van der Waals surface area contributed by atoms with Crippen LogP contribution < -0.4 is 4.90 Å². The summed E-state index contributed by atoms with van der Waals surface area (Å²) in [6.45, 7) is 4.02. The van der Waals surface area contributed by atoms with Gasteiger partial charge in [0.1, 0.15) is 0 Å². The Morgan fingerprint density at radius 3 is 2.33 bits per heavy atom. The fourth-order valence-electron chi connectivity index (χ4n) is 2.40. The van der Waals surface area contributed by atoms with Gasteiger partial charge in [0.2, 0.25) is 0 Å². The number of anilines is 1. The Balaban J connectivity index is 3.31. The fraction of sp³-hybridized carbons (Fsp3) is 0.533. The highest BCUT2D eigenvalue weighted by atomic mass is 19.4. The zero-order valence-electron chi connectivity index (χ0n) is 12.1. The van der Waals surface area contributed by atoms with Gasteiger partial charge < -0.3 is 10.0 Å². The van der Waals surface area contributed by atoms with Gasteiger partial charge in [0.25, 0.3) is 0 Å². The minimum absolute atomic E-state index is 0.0474. The van der Waals surface area contributed by atoms with Crippen molar-refractivity contribution in [3.8, 4) is 6.07 Å². The summed E-state index contributed by atoms with van der Waals surface area (Å²) < 4.78 is 39.0. The molecule has 0 aliphatic carbocycles. The number of hydrogen-bond acceptors (Lipinski definition) is 3. The molecule has 0 saturated carbocycles. The van der Waals surface area contributed by atoms with E-state index in [1.54, 1.807) is 11.0 Å². The van der Waals surface area contributed by atoms with E-state index in [1.807, 2.05) is 13.8 Å². The first kappa shape index (κ1) is 17.3. The van der Waals surface area contributed by atoms with Gasteiger partial charge >= 0.3 is 6.18 Å². The summed E-state index contributed by atoms with van der Waals surface area (Å²) in [7, 11) is 0. The normalized spacial score (nSPS) is 11.5. The van der Waals surface area contributed by atoms with Crippen LogP contribution in [0.5, 0.6) is 0 Å². The van der Waals surface area contributed by atoms with Crippen molar-refractivity contribution in [3.63, 3.8) is 0 Å². The summed E-state index contributed by atoms with van der Waals surface area (Å²) >= 11 is 0. The number of halogens is 3. The number of alkyl halides is 3. The second-order valence-corrected chi connectivity index (χ2v) is 4.73. The van der Waals surface area contributed by atoms with E-state index in [2.05, 4.69) is 0 Å². The second-order valence-electron chi connectivity index (χ2n) is 4.73. The first-order valence-electron chi connectivity index (χ1n) is 6.87. The summed E-state index contributed by atoms with van der Waals surface area (Å²) in [6, 6.07) is 5.30. The maximum Gasteiger partial charge on any atom is 0.417 e. The summed E-state index contributed by atoms with van der Waals surface area (Å²) in [4.78, 5) is 1.76. The molecule has 0 radical (unpaired) electrons. The summed E-state index contributed by atoms with van der Waals surface area (Å²) in [6.07, 6.45) is -3.05. The standard InChI is InChI=1S/C15H19F3N2O/c1-3-12(4-2)20(7-8-21)13-6-5-11(10-19)14(9-13)15(16,17)18/h5-6,9,12,21H,3-4,7-8H2,1-2H3. The average Bonchev–Trinajstić information content (AvgIpc) is 2.46. The van der Waals surface area contributed by atoms with Crippen molar-refractivity contribution < 1.29 is 18.3 Å². The lowest BCUT2D eigenvalue weighted by atomic mass is 10.0. The van der Waals surface area contributed by atoms with E-state index in [0.717, 1.165) is 18.9 Å². The minimum Gasteiger partial charge on any atom is -0.395 e. The topological polar surface area (TPSA) is 47.3 Å². The highest BCUT2D eigenvalue weighted by molar-refractivity contribution is 5.55. The maximum atomic E-state index is 13.0. The van der Waals surface area contributed by atoms with Crippen LogP contribution in [0, 0.1) is 11.3 Å². The summed E-state index contributed by atoms with van der Waals surface area (Å²) in [5.41, 5.74) is -0.944.